The van der Waals surface area contributed by atoms with Crippen LogP contribution in [0.1, 0.15) is 18.9 Å². The molecule has 0 aliphatic carbocycles. The molecule has 1 saturated heterocycles. The van der Waals surface area contributed by atoms with Crippen molar-refractivity contribution < 1.29 is 9.53 Å². The fourth-order valence-electron chi connectivity index (χ4n) is 3.78. The maximum atomic E-state index is 11.4. The SMILES string of the molecule is CN[11C](=O)Oc1ccc2c(c1)[C@]1(C)CCN(C)C1N2C. The second-order valence-electron chi connectivity index (χ2n) is 5.95. The van der Waals surface area contributed by atoms with E-state index in [1.54, 1.807) is 7.05 Å². The molecule has 2 aliphatic rings. The number of carbonyl (C=O) groups is 1. The van der Waals surface area contributed by atoms with E-state index in [1.807, 2.05) is 18.2 Å². The van der Waals surface area contributed by atoms with Crippen LogP contribution in [0.3, 0.4) is 0 Å². The Kier molecular flexibility index (Phi) is 2.90. The Morgan fingerprint density at radius 1 is 1.45 bits per heavy atom. The maximum Gasteiger partial charge on any atom is 0.412 e. The summed E-state index contributed by atoms with van der Waals surface area (Å²) in [6.45, 7) is 3.39. The Bertz CT molecular complexity index is 560. The average molecular weight is 274 g/mol. The molecule has 0 saturated carbocycles. The third kappa shape index (κ3) is 1.69. The minimum Gasteiger partial charge on any atom is -0.410 e. The number of ether oxygens (including phenoxy) is 1. The number of hydrogen-bond donors (Lipinski definition) is 1. The van der Waals surface area contributed by atoms with Crippen LogP contribution < -0.4 is 15.0 Å². The number of fused-ring (bicyclic) bond motifs is 3. The van der Waals surface area contributed by atoms with Gasteiger partial charge in [0.05, 0.1) is 6.17 Å². The van der Waals surface area contributed by atoms with Crippen LogP contribution in [-0.2, 0) is 5.41 Å². The van der Waals surface area contributed by atoms with E-state index < -0.39 is 6.09 Å². The van der Waals surface area contributed by atoms with E-state index in [4.69, 9.17) is 4.74 Å². The first-order valence-electron chi connectivity index (χ1n) is 6.94. The van der Waals surface area contributed by atoms with Crippen LogP contribution in [-0.4, -0.2) is 44.8 Å². The van der Waals surface area contributed by atoms with Crippen molar-refractivity contribution in [1.29, 1.82) is 0 Å². The molecule has 1 N–H and O–H groups in total. The van der Waals surface area contributed by atoms with E-state index in [0.29, 0.717) is 11.9 Å². The quantitative estimate of drug-likeness (QED) is 0.848. The zero-order valence-corrected chi connectivity index (χ0v) is 12.4. The Balaban J connectivity index is 2.00. The van der Waals surface area contributed by atoms with Crippen LogP contribution in [0.5, 0.6) is 5.75 Å². The maximum absolute atomic E-state index is 11.4. The van der Waals surface area contributed by atoms with E-state index in [0.717, 1.165) is 13.0 Å². The Morgan fingerprint density at radius 2 is 2.20 bits per heavy atom. The standard InChI is InChI=1S/C15H21N3O2/c1-15-7-8-17(3)13(15)18(4)12-6-5-10(9-11(12)15)20-14(19)16-2/h5-6,9,13H,7-8H2,1-4H3,(H,16,19)/t13?,15-/m0/s1/i14-1. The topological polar surface area (TPSA) is 44.8 Å². The van der Waals surface area contributed by atoms with Crippen LogP contribution in [0.25, 0.3) is 0 Å². The van der Waals surface area contributed by atoms with Crippen molar-refractivity contribution in [2.75, 3.05) is 32.6 Å². The zero-order chi connectivity index (χ0) is 14.5. The van der Waals surface area contributed by atoms with Gasteiger partial charge in [0.25, 0.3) is 0 Å². The second-order valence-corrected chi connectivity index (χ2v) is 5.95. The highest BCUT2D eigenvalue weighted by molar-refractivity contribution is 5.72. The zero-order valence-electron chi connectivity index (χ0n) is 12.4. The lowest BCUT2D eigenvalue weighted by Crippen LogP contribution is -2.45. The van der Waals surface area contributed by atoms with Crippen LogP contribution >= 0.6 is 0 Å². The summed E-state index contributed by atoms with van der Waals surface area (Å²) in [5, 5.41) is 2.47. The van der Waals surface area contributed by atoms with Gasteiger partial charge in [-0.25, -0.2) is 4.79 Å². The number of amides is 1. The molecule has 1 unspecified atom stereocenters. The van der Waals surface area contributed by atoms with Crippen molar-refractivity contribution in [1.82, 2.24) is 10.2 Å². The van der Waals surface area contributed by atoms with Gasteiger partial charge in [-0.3, -0.25) is 4.90 Å². The van der Waals surface area contributed by atoms with Crippen molar-refractivity contribution in [2.24, 2.45) is 0 Å². The fraction of sp³-hybridized carbons (Fsp3) is 0.533. The van der Waals surface area contributed by atoms with Gasteiger partial charge in [0.1, 0.15) is 5.75 Å². The third-order valence-corrected chi connectivity index (χ3v) is 4.72. The molecular formula is C15H21N3O2. The van der Waals surface area contributed by atoms with Gasteiger partial charge >= 0.3 is 6.09 Å². The normalized spacial score (nSPS) is 28.2. The second kappa shape index (κ2) is 4.38. The smallest absolute Gasteiger partial charge is 0.410 e. The number of nitrogens with one attached hydrogen (secondary N) is 1. The van der Waals surface area contributed by atoms with E-state index in [9.17, 15) is 4.79 Å². The molecule has 1 fully saturated rings. The summed E-state index contributed by atoms with van der Waals surface area (Å²) in [7, 11) is 5.86. The molecule has 1 amide bonds. The minimum absolute atomic E-state index is 0.0981. The Morgan fingerprint density at radius 3 is 2.90 bits per heavy atom. The first kappa shape index (κ1) is 13.2. The predicted molar refractivity (Wildman–Crippen MR) is 78.3 cm³/mol. The fourth-order valence-corrected chi connectivity index (χ4v) is 3.78. The molecule has 20 heavy (non-hydrogen) atoms. The lowest BCUT2D eigenvalue weighted by atomic mass is 9.81. The van der Waals surface area contributed by atoms with Crippen LogP contribution in [0.4, 0.5) is 10.5 Å². The number of benzene rings is 1. The van der Waals surface area contributed by atoms with E-state index >= 15 is 0 Å². The molecule has 2 heterocycles. The number of anilines is 1. The molecule has 0 spiro atoms. The number of carbonyl (C=O) groups excluding carboxylic acids is 1. The van der Waals surface area contributed by atoms with Gasteiger partial charge in [0, 0.05) is 31.7 Å². The number of hydrogen-bond acceptors (Lipinski definition) is 4. The van der Waals surface area contributed by atoms with Gasteiger partial charge < -0.3 is 15.0 Å². The summed E-state index contributed by atoms with van der Waals surface area (Å²) in [6.07, 6.45) is 1.07. The number of nitrogens with zero attached hydrogens (tertiary/aromatic N) is 2. The molecule has 2 aliphatic heterocycles. The van der Waals surface area contributed by atoms with Crippen LogP contribution in [0, 0.1) is 0 Å². The van der Waals surface area contributed by atoms with E-state index in [1.165, 1.54) is 11.3 Å². The molecule has 1 aromatic rings. The lowest BCUT2D eigenvalue weighted by Gasteiger charge is -2.32. The summed E-state index contributed by atoms with van der Waals surface area (Å²) >= 11 is 0. The average Bonchev–Trinajstić information content (AvgIpc) is 2.85. The molecule has 5 nitrogen and oxygen atoms in total. The summed E-state index contributed by atoms with van der Waals surface area (Å²) < 4.78 is 5.26. The molecule has 0 aromatic heterocycles. The molecule has 0 bridgehead atoms. The summed E-state index contributed by atoms with van der Waals surface area (Å²) in [4.78, 5) is 16.1. The molecule has 3 rings (SSSR count). The van der Waals surface area contributed by atoms with Gasteiger partial charge in [0.2, 0.25) is 0 Å². The third-order valence-electron chi connectivity index (χ3n) is 4.72. The molecule has 0 radical (unpaired) electrons. The summed E-state index contributed by atoms with van der Waals surface area (Å²) in [6, 6.07) is 5.92. The number of likely N-dealkylation sites (N-methyl/N-ethyl adjacent to an activating group) is 2. The lowest BCUT2D eigenvalue weighted by molar-refractivity contribution is 0.203. The van der Waals surface area contributed by atoms with Gasteiger partial charge in [-0.1, -0.05) is 6.92 Å². The van der Waals surface area contributed by atoms with Crippen molar-refractivity contribution >= 4 is 11.8 Å². The highest BCUT2D eigenvalue weighted by atomic mass is 16.5. The van der Waals surface area contributed by atoms with Gasteiger partial charge in [-0.05, 0) is 37.2 Å². The van der Waals surface area contributed by atoms with Crippen molar-refractivity contribution in [2.45, 2.75) is 24.9 Å². The highest BCUT2D eigenvalue weighted by Crippen LogP contribution is 2.51. The summed E-state index contributed by atoms with van der Waals surface area (Å²) in [5.74, 6) is 0.605. The first-order valence-corrected chi connectivity index (χ1v) is 6.94. The largest absolute Gasteiger partial charge is 0.412 e. The van der Waals surface area contributed by atoms with Crippen molar-refractivity contribution in [3.05, 3.63) is 23.8 Å². The molecule has 2 atom stereocenters. The molecule has 108 valence electrons. The van der Waals surface area contributed by atoms with E-state index in [-0.39, 0.29) is 5.41 Å². The first-order chi connectivity index (χ1) is 9.47. The minimum atomic E-state index is -0.429. The van der Waals surface area contributed by atoms with Gasteiger partial charge in [0.15, 0.2) is 0 Å². The number of likely N-dealkylation sites (tertiary alicyclic amines) is 1. The Labute approximate surface area is 119 Å². The summed E-state index contributed by atoms with van der Waals surface area (Å²) in [5.41, 5.74) is 2.60. The molecular weight excluding hydrogens is 253 g/mol. The molecule has 5 heteroatoms. The molecule has 1 aromatic carbocycles. The van der Waals surface area contributed by atoms with Crippen molar-refractivity contribution in [3.63, 3.8) is 0 Å². The Hall–Kier alpha value is -1.75. The van der Waals surface area contributed by atoms with Crippen LogP contribution in [0.15, 0.2) is 18.2 Å². The van der Waals surface area contributed by atoms with Crippen LogP contribution in [0.2, 0.25) is 0 Å². The van der Waals surface area contributed by atoms with Gasteiger partial charge in [-0.2, -0.15) is 0 Å². The monoisotopic (exact) mass is 274 g/mol. The predicted octanol–water partition coefficient (Wildman–Crippen LogP) is 1.77. The van der Waals surface area contributed by atoms with E-state index in [2.05, 4.69) is 36.1 Å². The number of rotatable bonds is 1. The van der Waals surface area contributed by atoms with Gasteiger partial charge in [-0.15, -0.1) is 0 Å². The highest BCUT2D eigenvalue weighted by Gasteiger charge is 2.52. The van der Waals surface area contributed by atoms with Crippen molar-refractivity contribution in [3.8, 4) is 5.75 Å².